The van der Waals surface area contributed by atoms with Crippen molar-refractivity contribution in [2.75, 3.05) is 4.90 Å². The van der Waals surface area contributed by atoms with Gasteiger partial charge in [0.1, 0.15) is 5.52 Å². The SMILES string of the molecule is C1=CCCC(n2c3ccccc3c3ccc(N(c4ccc(-c5nc6ccc7ccccc7c6o5)cc4)c4ccc5sc6ccccc6c5c4)cc32)=C1. The number of hydrogen-bond donors (Lipinski definition) is 0. The van der Waals surface area contributed by atoms with Crippen LogP contribution in [0.15, 0.2) is 168 Å². The van der Waals surface area contributed by atoms with Crippen LogP contribution in [0.2, 0.25) is 0 Å². The van der Waals surface area contributed by atoms with Gasteiger partial charge in [-0.25, -0.2) is 4.98 Å². The smallest absolute Gasteiger partial charge is 0.227 e. The lowest BCUT2D eigenvalue weighted by molar-refractivity contribution is 0.623. The number of anilines is 3. The second-order valence-electron chi connectivity index (χ2n) is 13.5. The first-order valence-electron chi connectivity index (χ1n) is 17.8. The molecule has 0 atom stereocenters. The number of oxazole rings is 1. The van der Waals surface area contributed by atoms with Crippen molar-refractivity contribution >= 4 is 97.9 Å². The minimum Gasteiger partial charge on any atom is -0.435 e. The summed E-state index contributed by atoms with van der Waals surface area (Å²) in [4.78, 5) is 7.28. The maximum atomic E-state index is 6.43. The van der Waals surface area contributed by atoms with Crippen LogP contribution in [0.25, 0.3) is 81.0 Å². The number of thiophene rings is 1. The van der Waals surface area contributed by atoms with E-state index in [1.807, 2.05) is 23.5 Å². The van der Waals surface area contributed by atoms with Crippen molar-refractivity contribution in [3.63, 3.8) is 0 Å². The predicted octanol–water partition coefficient (Wildman–Crippen LogP) is 13.8. The number of fused-ring (bicyclic) bond motifs is 9. The summed E-state index contributed by atoms with van der Waals surface area (Å²) in [5.74, 6) is 0.622. The summed E-state index contributed by atoms with van der Waals surface area (Å²) < 4.78 is 11.5. The Morgan fingerprint density at radius 2 is 1.33 bits per heavy atom. The summed E-state index contributed by atoms with van der Waals surface area (Å²) >= 11 is 1.85. The molecule has 0 bridgehead atoms. The van der Waals surface area contributed by atoms with Gasteiger partial charge >= 0.3 is 0 Å². The number of rotatable bonds is 5. The highest BCUT2D eigenvalue weighted by Gasteiger charge is 2.20. The van der Waals surface area contributed by atoms with Crippen LogP contribution in [0.1, 0.15) is 12.8 Å². The molecule has 3 aromatic heterocycles. The zero-order valence-electron chi connectivity index (χ0n) is 28.2. The Balaban J connectivity index is 1.10. The van der Waals surface area contributed by atoms with E-state index < -0.39 is 0 Å². The molecule has 0 spiro atoms. The quantitative estimate of drug-likeness (QED) is 0.181. The minimum atomic E-state index is 0.622. The van der Waals surface area contributed by atoms with Gasteiger partial charge in [-0.05, 0) is 97.1 Å². The van der Waals surface area contributed by atoms with E-state index in [2.05, 4.69) is 161 Å². The summed E-state index contributed by atoms with van der Waals surface area (Å²) in [5.41, 5.74) is 9.67. The molecule has 7 aromatic carbocycles. The average molecular weight is 686 g/mol. The molecular formula is C47H31N3OS. The van der Waals surface area contributed by atoms with Crippen molar-refractivity contribution in [2.24, 2.45) is 0 Å². The molecule has 4 nitrogen and oxygen atoms in total. The van der Waals surface area contributed by atoms with Crippen molar-refractivity contribution < 1.29 is 4.42 Å². The highest BCUT2D eigenvalue weighted by atomic mass is 32.1. The molecule has 0 saturated heterocycles. The fourth-order valence-electron chi connectivity index (χ4n) is 8.02. The van der Waals surface area contributed by atoms with Crippen LogP contribution in [-0.4, -0.2) is 9.55 Å². The zero-order chi connectivity index (χ0) is 34.2. The third-order valence-electron chi connectivity index (χ3n) is 10.5. The van der Waals surface area contributed by atoms with Crippen molar-refractivity contribution in [1.29, 1.82) is 0 Å². The molecule has 3 heterocycles. The van der Waals surface area contributed by atoms with Gasteiger partial charge in [0, 0.05) is 64.7 Å². The third-order valence-corrected chi connectivity index (χ3v) is 11.6. The van der Waals surface area contributed by atoms with Crippen LogP contribution >= 0.6 is 11.3 Å². The van der Waals surface area contributed by atoms with E-state index in [4.69, 9.17) is 9.40 Å². The first-order chi connectivity index (χ1) is 25.8. The Morgan fingerprint density at radius 3 is 2.21 bits per heavy atom. The number of nitrogens with zero attached hydrogens (tertiary/aromatic N) is 3. The van der Waals surface area contributed by atoms with Gasteiger partial charge in [0.2, 0.25) is 5.89 Å². The number of aromatic nitrogens is 2. The lowest BCUT2D eigenvalue weighted by atomic mass is 10.1. The monoisotopic (exact) mass is 685 g/mol. The van der Waals surface area contributed by atoms with E-state index in [9.17, 15) is 0 Å². The van der Waals surface area contributed by atoms with E-state index in [0.29, 0.717) is 5.89 Å². The molecule has 0 fully saturated rings. The molecule has 246 valence electrons. The Labute approximate surface area is 303 Å². The number of allylic oxidation sites excluding steroid dienone is 4. The average Bonchev–Trinajstić information content (AvgIpc) is 3.91. The van der Waals surface area contributed by atoms with Gasteiger partial charge < -0.3 is 13.9 Å². The van der Waals surface area contributed by atoms with Gasteiger partial charge in [0.15, 0.2) is 5.58 Å². The van der Waals surface area contributed by atoms with Gasteiger partial charge in [-0.15, -0.1) is 11.3 Å². The van der Waals surface area contributed by atoms with E-state index in [0.717, 1.165) is 57.3 Å². The van der Waals surface area contributed by atoms with Gasteiger partial charge in [0.05, 0.1) is 11.0 Å². The molecule has 0 unspecified atom stereocenters. The summed E-state index contributed by atoms with van der Waals surface area (Å²) in [6.07, 6.45) is 8.76. The second-order valence-corrected chi connectivity index (χ2v) is 14.6. The van der Waals surface area contributed by atoms with E-state index in [1.54, 1.807) is 0 Å². The Hall–Kier alpha value is -6.43. The number of benzene rings is 7. The number of hydrogen-bond acceptors (Lipinski definition) is 4. The number of para-hydroxylation sites is 1. The lowest BCUT2D eigenvalue weighted by Gasteiger charge is -2.26. The van der Waals surface area contributed by atoms with Crippen molar-refractivity contribution in [3.8, 4) is 11.5 Å². The van der Waals surface area contributed by atoms with Crippen molar-refractivity contribution in [1.82, 2.24) is 9.55 Å². The van der Waals surface area contributed by atoms with Gasteiger partial charge in [-0.1, -0.05) is 84.9 Å². The van der Waals surface area contributed by atoms with E-state index in [1.165, 1.54) is 47.7 Å². The highest BCUT2D eigenvalue weighted by Crippen LogP contribution is 2.43. The van der Waals surface area contributed by atoms with Crippen LogP contribution in [0.4, 0.5) is 17.1 Å². The molecule has 0 saturated carbocycles. The fraction of sp³-hybridized carbons (Fsp3) is 0.0426. The Kier molecular flexibility index (Phi) is 6.51. The van der Waals surface area contributed by atoms with Crippen molar-refractivity contribution in [3.05, 3.63) is 164 Å². The Bertz CT molecular complexity index is 3090. The third kappa shape index (κ3) is 4.56. The van der Waals surface area contributed by atoms with Crippen LogP contribution in [0, 0.1) is 0 Å². The second kappa shape index (κ2) is 11.6. The molecule has 0 radical (unpaired) electrons. The predicted molar refractivity (Wildman–Crippen MR) is 220 cm³/mol. The summed E-state index contributed by atoms with van der Waals surface area (Å²) in [7, 11) is 0. The van der Waals surface area contributed by atoms with Gasteiger partial charge in [-0.3, -0.25) is 0 Å². The minimum absolute atomic E-state index is 0.622. The largest absolute Gasteiger partial charge is 0.435 e. The summed E-state index contributed by atoms with van der Waals surface area (Å²) in [6, 6.07) is 52.4. The standard InChI is InChI=1S/C47H31N3OS/c1-2-11-32(12-3-1)50-42-16-8-6-14-37(42)38-25-23-35(29-43(38)50)49(34-24-27-45-40(28-34)39-15-7-9-17-44(39)52-45)33-21-18-31(19-22-33)47-48-41-26-20-30-10-4-5-13-36(30)46(41)51-47/h1-2,4-11,13-29H,3,12H2. The first kappa shape index (κ1) is 29.3. The molecule has 1 aliphatic carbocycles. The normalized spacial score (nSPS) is 13.3. The van der Waals surface area contributed by atoms with Crippen LogP contribution in [-0.2, 0) is 0 Å². The van der Waals surface area contributed by atoms with Gasteiger partial charge in [0.25, 0.3) is 0 Å². The molecule has 52 heavy (non-hydrogen) atoms. The van der Waals surface area contributed by atoms with E-state index in [-0.39, 0.29) is 0 Å². The molecule has 0 N–H and O–H groups in total. The highest BCUT2D eigenvalue weighted by molar-refractivity contribution is 7.25. The molecule has 10 aromatic rings. The molecule has 0 aliphatic heterocycles. The topological polar surface area (TPSA) is 34.2 Å². The Morgan fingerprint density at radius 1 is 0.596 bits per heavy atom. The maximum absolute atomic E-state index is 6.43. The van der Waals surface area contributed by atoms with Crippen LogP contribution < -0.4 is 4.90 Å². The maximum Gasteiger partial charge on any atom is 0.227 e. The zero-order valence-corrected chi connectivity index (χ0v) is 29.0. The molecule has 0 amide bonds. The lowest BCUT2D eigenvalue weighted by Crippen LogP contribution is -2.10. The van der Waals surface area contributed by atoms with Crippen molar-refractivity contribution in [2.45, 2.75) is 12.8 Å². The summed E-state index contributed by atoms with van der Waals surface area (Å²) in [6.45, 7) is 0. The molecular weight excluding hydrogens is 655 g/mol. The summed E-state index contributed by atoms with van der Waals surface area (Å²) in [5, 5.41) is 7.31. The fourth-order valence-corrected chi connectivity index (χ4v) is 9.10. The van der Waals surface area contributed by atoms with Crippen LogP contribution in [0.5, 0.6) is 0 Å². The van der Waals surface area contributed by atoms with E-state index >= 15 is 0 Å². The molecule has 11 rings (SSSR count). The molecule has 5 heteroatoms. The van der Waals surface area contributed by atoms with Crippen LogP contribution in [0.3, 0.4) is 0 Å². The first-order valence-corrected chi connectivity index (χ1v) is 18.6. The van der Waals surface area contributed by atoms with Gasteiger partial charge in [-0.2, -0.15) is 0 Å². The molecule has 1 aliphatic rings.